The highest BCUT2D eigenvalue weighted by atomic mass is 16.6. The van der Waals surface area contributed by atoms with Crippen molar-refractivity contribution in [2.45, 2.75) is 222 Å². The summed E-state index contributed by atoms with van der Waals surface area (Å²) in [6.45, 7) is 20.6. The summed E-state index contributed by atoms with van der Waals surface area (Å²) in [5.74, 6) is 5.00. The zero-order valence-electron chi connectivity index (χ0n) is 41.6. The standard InChI is InChI=1S/C55H86O9/c1-31(43-15-17-45-41-13-11-37-29-39(61-33(3)56)19-23-52(37,7)47(41)21-25-54(43,45)9)27-49(63-35(5)58)51(60)50(64-36(6)59)28-32(2)44-16-18-46-42-14-12-38-30-40(62-34(4)57)20-24-53(38,8)48(42)22-26-55(44,46)10/h31-32,37-50H,11-30H2,1-10H3/t31?,32?,37?,38?,39?,40?,41-,42-,43+,44+,45-,46-,47-,48-,49?,50?,52-,53-,54+,55+/m0/s1. The lowest BCUT2D eigenvalue weighted by atomic mass is 9.44. The summed E-state index contributed by atoms with van der Waals surface area (Å²) >= 11 is 0. The van der Waals surface area contributed by atoms with Crippen LogP contribution in [0.5, 0.6) is 0 Å². The number of ether oxygens (including phenoxy) is 4. The van der Waals surface area contributed by atoms with Crippen molar-refractivity contribution in [2.24, 2.45) is 92.7 Å². The topological polar surface area (TPSA) is 122 Å². The van der Waals surface area contributed by atoms with Crippen molar-refractivity contribution in [3.8, 4) is 0 Å². The Kier molecular flexibility index (Phi) is 13.7. The summed E-state index contributed by atoms with van der Waals surface area (Å²) in [7, 11) is 0. The van der Waals surface area contributed by atoms with Gasteiger partial charge in [-0.3, -0.25) is 24.0 Å². The van der Waals surface area contributed by atoms with Crippen LogP contribution in [0.4, 0.5) is 0 Å². The van der Waals surface area contributed by atoms with Crippen molar-refractivity contribution in [2.75, 3.05) is 0 Å². The Labute approximate surface area is 386 Å². The van der Waals surface area contributed by atoms with E-state index in [4.69, 9.17) is 18.9 Å². The van der Waals surface area contributed by atoms with E-state index in [1.807, 2.05) is 0 Å². The summed E-state index contributed by atoms with van der Waals surface area (Å²) in [6.07, 6.45) is 19.8. The molecule has 8 fully saturated rings. The number of hydrogen-bond donors (Lipinski definition) is 0. The molecule has 9 heteroatoms. The second kappa shape index (κ2) is 18.2. The van der Waals surface area contributed by atoms with Gasteiger partial charge in [0, 0.05) is 27.7 Å². The molecule has 8 rings (SSSR count). The van der Waals surface area contributed by atoms with Gasteiger partial charge < -0.3 is 18.9 Å². The highest BCUT2D eigenvalue weighted by molar-refractivity contribution is 5.90. The average molecular weight is 891 g/mol. The van der Waals surface area contributed by atoms with Crippen LogP contribution in [0.3, 0.4) is 0 Å². The molecule has 64 heavy (non-hydrogen) atoms. The van der Waals surface area contributed by atoms with Crippen LogP contribution in [-0.2, 0) is 42.9 Å². The van der Waals surface area contributed by atoms with Crippen molar-refractivity contribution in [3.05, 3.63) is 0 Å². The van der Waals surface area contributed by atoms with E-state index in [-0.39, 0.29) is 52.6 Å². The molecule has 20 atom stereocenters. The number of carbonyl (C=O) groups excluding carboxylic acids is 5. The molecule has 8 aliphatic carbocycles. The summed E-state index contributed by atoms with van der Waals surface area (Å²) in [5, 5.41) is 0. The first-order valence-corrected chi connectivity index (χ1v) is 26.4. The molecule has 0 aliphatic heterocycles. The lowest BCUT2D eigenvalue weighted by Gasteiger charge is -2.61. The molecule has 0 radical (unpaired) electrons. The van der Waals surface area contributed by atoms with Crippen molar-refractivity contribution in [1.82, 2.24) is 0 Å². The molecular formula is C55H86O9. The van der Waals surface area contributed by atoms with Crippen LogP contribution in [-0.4, -0.2) is 54.1 Å². The third kappa shape index (κ3) is 8.66. The number of ketones is 1. The first-order valence-electron chi connectivity index (χ1n) is 26.4. The Morgan fingerprint density at radius 1 is 0.453 bits per heavy atom. The van der Waals surface area contributed by atoms with Gasteiger partial charge in [0.25, 0.3) is 0 Å². The average Bonchev–Trinajstić information content (AvgIpc) is 3.76. The molecule has 9 nitrogen and oxygen atoms in total. The Bertz CT molecular complexity index is 1650. The Morgan fingerprint density at radius 3 is 1.17 bits per heavy atom. The van der Waals surface area contributed by atoms with Gasteiger partial charge in [-0.25, -0.2) is 0 Å². The molecule has 0 aromatic carbocycles. The highest BCUT2D eigenvalue weighted by Gasteiger charge is 2.63. The number of fused-ring (bicyclic) bond motifs is 10. The number of Topliss-reactive ketones (excluding diaryl/α,β-unsaturated/α-hetero) is 1. The zero-order valence-corrected chi connectivity index (χ0v) is 41.6. The Morgan fingerprint density at radius 2 is 0.812 bits per heavy atom. The maximum absolute atomic E-state index is 14.8. The van der Waals surface area contributed by atoms with E-state index >= 15 is 0 Å². The Balaban J connectivity index is 0.922. The molecule has 0 aromatic rings. The first kappa shape index (κ1) is 48.0. The second-order valence-electron chi connectivity index (χ2n) is 24.8. The van der Waals surface area contributed by atoms with E-state index in [1.165, 1.54) is 91.9 Å². The normalized spacial score (nSPS) is 45.3. The van der Waals surface area contributed by atoms with Gasteiger partial charge in [-0.15, -0.1) is 0 Å². The summed E-state index contributed by atoms with van der Waals surface area (Å²) < 4.78 is 23.4. The monoisotopic (exact) mass is 891 g/mol. The van der Waals surface area contributed by atoms with Crippen LogP contribution in [0.25, 0.3) is 0 Å². The van der Waals surface area contributed by atoms with Crippen LogP contribution in [0.2, 0.25) is 0 Å². The number of hydrogen-bond acceptors (Lipinski definition) is 9. The third-order valence-corrected chi connectivity index (χ3v) is 21.8. The van der Waals surface area contributed by atoms with Crippen LogP contribution in [0, 0.1) is 92.7 Å². The van der Waals surface area contributed by atoms with Crippen LogP contribution in [0.15, 0.2) is 0 Å². The van der Waals surface area contributed by atoms with Crippen molar-refractivity contribution >= 4 is 29.7 Å². The second-order valence-corrected chi connectivity index (χ2v) is 24.8. The van der Waals surface area contributed by atoms with Gasteiger partial charge in [-0.05, 0) is 221 Å². The van der Waals surface area contributed by atoms with Gasteiger partial charge in [-0.1, -0.05) is 41.5 Å². The van der Waals surface area contributed by atoms with Crippen molar-refractivity contribution < 1.29 is 42.9 Å². The smallest absolute Gasteiger partial charge is 0.303 e. The molecule has 0 saturated heterocycles. The van der Waals surface area contributed by atoms with E-state index in [9.17, 15) is 24.0 Å². The van der Waals surface area contributed by atoms with Crippen molar-refractivity contribution in [3.63, 3.8) is 0 Å². The SMILES string of the molecule is CC(=O)OC1CC[C@@]2(C)C(CC[C@H]3[C@@H]4CC[C@H](C(C)CC(OC(C)=O)C(=O)C(CC(C)[C@H]5CC[C@H]6[C@@H]7CCC8CC(OC(C)=O)CC[C@]8(C)[C@H]7CC[C@]56C)OC(C)=O)[C@@]4(C)CC[C@@H]32)C1. The quantitative estimate of drug-likeness (QED) is 0.139. The maximum Gasteiger partial charge on any atom is 0.303 e. The van der Waals surface area contributed by atoms with Crippen LogP contribution >= 0.6 is 0 Å². The van der Waals surface area contributed by atoms with E-state index in [0.29, 0.717) is 82.9 Å². The van der Waals surface area contributed by atoms with Gasteiger partial charge in [-0.2, -0.15) is 0 Å². The van der Waals surface area contributed by atoms with Gasteiger partial charge >= 0.3 is 23.9 Å². The number of carbonyl (C=O) groups is 5. The van der Waals surface area contributed by atoms with E-state index in [1.54, 1.807) is 0 Å². The lowest BCUT2D eigenvalue weighted by molar-refractivity contribution is -0.166. The predicted octanol–water partition coefficient (Wildman–Crippen LogP) is 11.7. The Hall–Kier alpha value is -2.45. The van der Waals surface area contributed by atoms with Crippen LogP contribution < -0.4 is 0 Å². The number of rotatable bonds is 12. The van der Waals surface area contributed by atoms with Gasteiger partial charge in [0.05, 0.1) is 0 Å². The summed E-state index contributed by atoms with van der Waals surface area (Å²) in [4.78, 5) is 63.9. The number of esters is 4. The molecule has 0 N–H and O–H groups in total. The van der Waals surface area contributed by atoms with Crippen molar-refractivity contribution in [1.29, 1.82) is 0 Å². The molecule has 8 aliphatic rings. The fourth-order valence-corrected chi connectivity index (χ4v) is 19.1. The molecule has 8 saturated carbocycles. The lowest BCUT2D eigenvalue weighted by Crippen LogP contribution is -2.54. The van der Waals surface area contributed by atoms with Crippen LogP contribution in [0.1, 0.15) is 198 Å². The molecular weight excluding hydrogens is 805 g/mol. The molecule has 0 bridgehead atoms. The largest absolute Gasteiger partial charge is 0.463 e. The fourth-order valence-electron chi connectivity index (χ4n) is 19.1. The molecule has 0 amide bonds. The maximum atomic E-state index is 14.8. The van der Waals surface area contributed by atoms with E-state index in [2.05, 4.69) is 41.5 Å². The molecule has 8 unspecified atom stereocenters. The van der Waals surface area contributed by atoms with Gasteiger partial charge in [0.15, 0.2) is 12.2 Å². The first-order chi connectivity index (χ1) is 30.2. The predicted molar refractivity (Wildman–Crippen MR) is 245 cm³/mol. The fraction of sp³-hybridized carbons (Fsp3) is 0.909. The molecule has 0 aromatic heterocycles. The minimum atomic E-state index is -0.945. The zero-order chi connectivity index (χ0) is 46.1. The molecule has 0 spiro atoms. The van der Waals surface area contributed by atoms with Gasteiger partial charge in [0.1, 0.15) is 12.2 Å². The molecule has 0 heterocycles. The summed E-state index contributed by atoms with van der Waals surface area (Å²) in [5.41, 5.74) is 0.921. The van der Waals surface area contributed by atoms with E-state index in [0.717, 1.165) is 51.4 Å². The third-order valence-electron chi connectivity index (χ3n) is 21.8. The van der Waals surface area contributed by atoms with E-state index < -0.39 is 24.1 Å². The summed E-state index contributed by atoms with van der Waals surface area (Å²) in [6, 6.07) is 0. The highest BCUT2D eigenvalue weighted by Crippen LogP contribution is 2.70. The molecule has 360 valence electrons. The minimum Gasteiger partial charge on any atom is -0.463 e. The minimum absolute atomic E-state index is 0.0646. The van der Waals surface area contributed by atoms with Gasteiger partial charge in [0.2, 0.25) is 5.78 Å².